The number of amides is 2. The van der Waals surface area contributed by atoms with Crippen molar-refractivity contribution in [1.29, 1.82) is 0 Å². The Morgan fingerprint density at radius 3 is 2.59 bits per heavy atom. The summed E-state index contributed by atoms with van der Waals surface area (Å²) in [7, 11) is 0. The van der Waals surface area contributed by atoms with Gasteiger partial charge in [0.2, 0.25) is 11.8 Å². The summed E-state index contributed by atoms with van der Waals surface area (Å²) < 4.78 is 5.60. The van der Waals surface area contributed by atoms with Crippen LogP contribution in [0, 0.1) is 5.92 Å². The summed E-state index contributed by atoms with van der Waals surface area (Å²) in [6, 6.07) is 14.2. The maximum absolute atomic E-state index is 12.7. The molecule has 1 aliphatic rings. The summed E-state index contributed by atoms with van der Waals surface area (Å²) in [5.74, 6) is -0.389. The maximum Gasteiger partial charge on any atom is 0.229 e. The molecule has 0 saturated carbocycles. The van der Waals surface area contributed by atoms with Crippen LogP contribution in [-0.2, 0) is 9.59 Å². The Morgan fingerprint density at radius 1 is 1.15 bits per heavy atom. The molecule has 140 valence electrons. The molecule has 0 radical (unpaired) electrons. The van der Waals surface area contributed by atoms with Gasteiger partial charge in [0.05, 0.1) is 23.9 Å². The number of nitrogens with zero attached hydrogens (tertiary/aromatic N) is 1. The maximum atomic E-state index is 12.7. The largest absolute Gasteiger partial charge is 0.492 e. The van der Waals surface area contributed by atoms with Crippen LogP contribution in [0.1, 0.15) is 30.6 Å². The van der Waals surface area contributed by atoms with Crippen molar-refractivity contribution in [2.24, 2.45) is 5.92 Å². The second-order valence-electron chi connectivity index (χ2n) is 6.40. The standard InChI is InChI=1S/C21H22N2O4/c1-3-27-19-11-7-6-10-18(19)23-13-15(12-20(23)25)21(26)22-17-9-5-4-8-16(17)14(2)24/h4-11,15H,3,12-13H2,1-2H3,(H,22,26). The van der Waals surface area contributed by atoms with Crippen LogP contribution >= 0.6 is 0 Å². The van der Waals surface area contributed by atoms with E-state index < -0.39 is 5.92 Å². The Kier molecular flexibility index (Phi) is 5.54. The van der Waals surface area contributed by atoms with Crippen LogP contribution in [-0.4, -0.2) is 30.7 Å². The smallest absolute Gasteiger partial charge is 0.229 e. The van der Waals surface area contributed by atoms with Crippen LogP contribution in [0.4, 0.5) is 11.4 Å². The number of carbonyl (C=O) groups is 3. The van der Waals surface area contributed by atoms with Gasteiger partial charge in [-0.3, -0.25) is 14.4 Å². The summed E-state index contributed by atoms with van der Waals surface area (Å²) in [6.07, 6.45) is 0.120. The zero-order chi connectivity index (χ0) is 19.4. The summed E-state index contributed by atoms with van der Waals surface area (Å²) in [4.78, 5) is 38.5. The molecular weight excluding hydrogens is 344 g/mol. The number of ketones is 1. The number of rotatable bonds is 6. The average Bonchev–Trinajstić information content (AvgIpc) is 3.04. The first-order valence-corrected chi connectivity index (χ1v) is 8.94. The zero-order valence-corrected chi connectivity index (χ0v) is 15.4. The Labute approximate surface area is 158 Å². The van der Waals surface area contributed by atoms with Crippen LogP contribution in [0.15, 0.2) is 48.5 Å². The SMILES string of the molecule is CCOc1ccccc1N1CC(C(=O)Nc2ccccc2C(C)=O)CC1=O. The van der Waals surface area contributed by atoms with Crippen molar-refractivity contribution < 1.29 is 19.1 Å². The average molecular weight is 366 g/mol. The fourth-order valence-corrected chi connectivity index (χ4v) is 3.21. The minimum Gasteiger partial charge on any atom is -0.492 e. The van der Waals surface area contributed by atoms with E-state index in [1.165, 1.54) is 6.92 Å². The van der Waals surface area contributed by atoms with E-state index in [0.717, 1.165) is 0 Å². The topological polar surface area (TPSA) is 75.7 Å². The highest BCUT2D eigenvalue weighted by Gasteiger charge is 2.36. The molecule has 6 nitrogen and oxygen atoms in total. The molecule has 1 unspecified atom stereocenters. The fraction of sp³-hybridized carbons (Fsp3) is 0.286. The number of nitrogens with one attached hydrogen (secondary N) is 1. The number of para-hydroxylation sites is 3. The summed E-state index contributed by atoms with van der Waals surface area (Å²) in [5.41, 5.74) is 1.59. The van der Waals surface area contributed by atoms with Crippen LogP contribution in [0.3, 0.4) is 0 Å². The number of hydrogen-bond donors (Lipinski definition) is 1. The van der Waals surface area contributed by atoms with E-state index in [9.17, 15) is 14.4 Å². The molecule has 1 saturated heterocycles. The molecule has 1 aliphatic heterocycles. The lowest BCUT2D eigenvalue weighted by Gasteiger charge is -2.20. The normalized spacial score (nSPS) is 16.3. The van der Waals surface area contributed by atoms with Crippen molar-refractivity contribution in [2.45, 2.75) is 20.3 Å². The quantitative estimate of drug-likeness (QED) is 0.796. The van der Waals surface area contributed by atoms with Gasteiger partial charge in [0.25, 0.3) is 0 Å². The Morgan fingerprint density at radius 2 is 1.85 bits per heavy atom. The molecule has 0 bridgehead atoms. The minimum absolute atomic E-state index is 0.120. The predicted molar refractivity (Wildman–Crippen MR) is 103 cm³/mol. The third-order valence-electron chi connectivity index (χ3n) is 4.52. The molecule has 2 aromatic carbocycles. The van der Waals surface area contributed by atoms with Gasteiger partial charge in [-0.15, -0.1) is 0 Å². The van der Waals surface area contributed by atoms with E-state index in [1.54, 1.807) is 29.2 Å². The second-order valence-corrected chi connectivity index (χ2v) is 6.40. The Hall–Kier alpha value is -3.15. The predicted octanol–water partition coefficient (Wildman–Crippen LogP) is 3.28. The first kappa shape index (κ1) is 18.6. The molecule has 3 rings (SSSR count). The van der Waals surface area contributed by atoms with E-state index >= 15 is 0 Å². The van der Waals surface area contributed by atoms with Gasteiger partial charge in [-0.1, -0.05) is 24.3 Å². The number of hydrogen-bond acceptors (Lipinski definition) is 4. The highest BCUT2D eigenvalue weighted by molar-refractivity contribution is 6.07. The van der Waals surface area contributed by atoms with Crippen molar-refractivity contribution in [3.05, 3.63) is 54.1 Å². The van der Waals surface area contributed by atoms with Crippen LogP contribution in [0.2, 0.25) is 0 Å². The van der Waals surface area contributed by atoms with Crippen LogP contribution in [0.5, 0.6) is 5.75 Å². The van der Waals surface area contributed by atoms with Gasteiger partial charge in [0.15, 0.2) is 5.78 Å². The van der Waals surface area contributed by atoms with Gasteiger partial charge in [0, 0.05) is 18.5 Å². The summed E-state index contributed by atoms with van der Waals surface area (Å²) >= 11 is 0. The lowest BCUT2D eigenvalue weighted by Crippen LogP contribution is -2.28. The number of carbonyl (C=O) groups excluding carboxylic acids is 3. The molecule has 1 atom stereocenters. The monoisotopic (exact) mass is 366 g/mol. The second kappa shape index (κ2) is 8.03. The number of benzene rings is 2. The summed E-state index contributed by atoms with van der Waals surface area (Å²) in [5, 5.41) is 2.80. The lowest BCUT2D eigenvalue weighted by atomic mass is 10.1. The molecule has 2 amide bonds. The zero-order valence-electron chi connectivity index (χ0n) is 15.4. The molecule has 0 spiro atoms. The van der Waals surface area contributed by atoms with E-state index in [1.807, 2.05) is 31.2 Å². The highest BCUT2D eigenvalue weighted by Crippen LogP contribution is 2.33. The van der Waals surface area contributed by atoms with E-state index in [0.29, 0.717) is 29.3 Å². The summed E-state index contributed by atoms with van der Waals surface area (Å²) in [6.45, 7) is 4.10. The van der Waals surface area contributed by atoms with Gasteiger partial charge in [-0.25, -0.2) is 0 Å². The van der Waals surface area contributed by atoms with Crippen molar-refractivity contribution in [3.8, 4) is 5.75 Å². The molecule has 1 fully saturated rings. The molecule has 1 heterocycles. The van der Waals surface area contributed by atoms with Crippen molar-refractivity contribution in [1.82, 2.24) is 0 Å². The molecule has 2 aromatic rings. The van der Waals surface area contributed by atoms with E-state index in [4.69, 9.17) is 4.74 Å². The van der Waals surface area contributed by atoms with Gasteiger partial charge >= 0.3 is 0 Å². The number of ether oxygens (including phenoxy) is 1. The van der Waals surface area contributed by atoms with E-state index in [-0.39, 0.29) is 30.6 Å². The first-order chi connectivity index (χ1) is 13.0. The Bertz CT molecular complexity index is 878. The van der Waals surface area contributed by atoms with Gasteiger partial charge in [0.1, 0.15) is 5.75 Å². The molecule has 6 heteroatoms. The van der Waals surface area contributed by atoms with Crippen LogP contribution in [0.25, 0.3) is 0 Å². The lowest BCUT2D eigenvalue weighted by molar-refractivity contribution is -0.122. The molecular formula is C21H22N2O4. The molecule has 0 aliphatic carbocycles. The highest BCUT2D eigenvalue weighted by atomic mass is 16.5. The molecule has 1 N–H and O–H groups in total. The van der Waals surface area contributed by atoms with Crippen molar-refractivity contribution in [2.75, 3.05) is 23.4 Å². The van der Waals surface area contributed by atoms with Gasteiger partial charge < -0.3 is 15.0 Å². The van der Waals surface area contributed by atoms with Crippen molar-refractivity contribution in [3.63, 3.8) is 0 Å². The fourth-order valence-electron chi connectivity index (χ4n) is 3.21. The number of Topliss-reactive ketones (excluding diaryl/α,β-unsaturated/α-hetero) is 1. The third-order valence-corrected chi connectivity index (χ3v) is 4.52. The molecule has 0 aromatic heterocycles. The Balaban J connectivity index is 1.76. The van der Waals surface area contributed by atoms with E-state index in [2.05, 4.69) is 5.32 Å². The van der Waals surface area contributed by atoms with Crippen LogP contribution < -0.4 is 15.0 Å². The number of anilines is 2. The third kappa shape index (κ3) is 4.00. The van der Waals surface area contributed by atoms with Gasteiger partial charge in [-0.05, 0) is 38.1 Å². The van der Waals surface area contributed by atoms with Gasteiger partial charge in [-0.2, -0.15) is 0 Å². The van der Waals surface area contributed by atoms with Crippen molar-refractivity contribution >= 4 is 29.0 Å². The first-order valence-electron chi connectivity index (χ1n) is 8.94. The minimum atomic E-state index is -0.493. The molecule has 27 heavy (non-hydrogen) atoms.